The van der Waals surface area contributed by atoms with Crippen molar-refractivity contribution in [3.63, 3.8) is 0 Å². The predicted octanol–water partition coefficient (Wildman–Crippen LogP) is 4.44. The largest absolute Gasteiger partial charge is 0.497 e. The number of aromatic amines is 1. The van der Waals surface area contributed by atoms with E-state index in [1.807, 2.05) is 26.0 Å². The molecule has 8 heteroatoms. The average Bonchev–Trinajstić information content (AvgIpc) is 3.47. The van der Waals surface area contributed by atoms with Crippen molar-refractivity contribution in [1.82, 2.24) is 20.1 Å². The van der Waals surface area contributed by atoms with Gasteiger partial charge in [0.1, 0.15) is 17.1 Å². The minimum absolute atomic E-state index is 0.253. The molecule has 1 aromatic carbocycles. The third-order valence-electron chi connectivity index (χ3n) is 7.12. The average molecular weight is 454 g/mol. The van der Waals surface area contributed by atoms with E-state index in [-0.39, 0.29) is 11.9 Å². The summed E-state index contributed by atoms with van der Waals surface area (Å²) in [5.74, 6) is 0.780. The number of rotatable bonds is 5. The summed E-state index contributed by atoms with van der Waals surface area (Å²) in [6, 6.07) is 6.46. The highest BCUT2D eigenvalue weighted by atomic mass is 19.1. The van der Waals surface area contributed by atoms with Crippen LogP contribution in [-0.4, -0.2) is 65.1 Å². The first-order valence-electron chi connectivity index (χ1n) is 11.7. The Morgan fingerprint density at radius 3 is 2.76 bits per heavy atom. The molecule has 2 unspecified atom stereocenters. The fraction of sp³-hybridized carbons (Fsp3) is 0.520. The summed E-state index contributed by atoms with van der Waals surface area (Å²) in [5.41, 5.74) is 3.95. The van der Waals surface area contributed by atoms with E-state index < -0.39 is 0 Å². The monoisotopic (exact) mass is 453 g/mol. The van der Waals surface area contributed by atoms with Crippen molar-refractivity contribution in [3.8, 4) is 17.0 Å². The van der Waals surface area contributed by atoms with E-state index in [1.165, 1.54) is 6.07 Å². The maximum absolute atomic E-state index is 15.0. The van der Waals surface area contributed by atoms with Crippen molar-refractivity contribution in [2.45, 2.75) is 58.2 Å². The van der Waals surface area contributed by atoms with Crippen molar-refractivity contribution < 1.29 is 13.9 Å². The summed E-state index contributed by atoms with van der Waals surface area (Å²) in [4.78, 5) is 7.36. The Hall–Kier alpha value is -2.71. The second-order valence-corrected chi connectivity index (χ2v) is 9.37. The topological polar surface area (TPSA) is 75.3 Å². The molecule has 2 aliphatic heterocycles. The summed E-state index contributed by atoms with van der Waals surface area (Å²) in [6.45, 7) is 8.97. The van der Waals surface area contributed by atoms with E-state index in [1.54, 1.807) is 7.11 Å². The van der Waals surface area contributed by atoms with Crippen LogP contribution in [-0.2, 0) is 4.74 Å². The quantitative estimate of drug-likeness (QED) is 0.595. The van der Waals surface area contributed by atoms with Crippen LogP contribution >= 0.6 is 0 Å². The number of nitrogens with zero attached hydrogens (tertiary/aromatic N) is 3. The molecular formula is C25H32FN5O2. The van der Waals surface area contributed by atoms with Crippen LogP contribution in [0.4, 0.5) is 10.2 Å². The Balaban J connectivity index is 1.51. The number of halogens is 1. The molecule has 2 N–H and O–H groups in total. The lowest BCUT2D eigenvalue weighted by Crippen LogP contribution is -2.50. The number of nitrogens with one attached hydrogen (secondary N) is 2. The molecule has 3 atom stereocenters. The summed E-state index contributed by atoms with van der Waals surface area (Å²) >= 11 is 0. The van der Waals surface area contributed by atoms with Crippen molar-refractivity contribution in [2.75, 3.05) is 32.2 Å². The van der Waals surface area contributed by atoms with Gasteiger partial charge in [-0.2, -0.15) is 5.10 Å². The molecule has 2 aliphatic rings. The van der Waals surface area contributed by atoms with Gasteiger partial charge in [-0.15, -0.1) is 0 Å². The Labute approximate surface area is 193 Å². The van der Waals surface area contributed by atoms with Gasteiger partial charge in [-0.3, -0.25) is 10.00 Å². The van der Waals surface area contributed by atoms with Gasteiger partial charge in [0.2, 0.25) is 0 Å². The lowest BCUT2D eigenvalue weighted by molar-refractivity contribution is 0.0845. The molecule has 5 rings (SSSR count). The molecule has 7 nitrogen and oxygen atoms in total. The predicted molar refractivity (Wildman–Crippen MR) is 127 cm³/mol. The Morgan fingerprint density at radius 1 is 1.24 bits per heavy atom. The van der Waals surface area contributed by atoms with E-state index in [9.17, 15) is 4.39 Å². The number of benzene rings is 1. The molecule has 0 spiro atoms. The third kappa shape index (κ3) is 4.17. The van der Waals surface area contributed by atoms with Crippen LogP contribution in [0.1, 0.15) is 37.4 Å². The number of methoxy groups -OCH3 is 1. The van der Waals surface area contributed by atoms with Crippen molar-refractivity contribution in [1.29, 1.82) is 0 Å². The molecule has 4 heterocycles. The normalized spacial score (nSPS) is 23.8. The van der Waals surface area contributed by atoms with Crippen LogP contribution < -0.4 is 10.1 Å². The first-order valence-corrected chi connectivity index (χ1v) is 11.7. The highest BCUT2D eigenvalue weighted by Gasteiger charge is 2.33. The lowest BCUT2D eigenvalue weighted by Gasteiger charge is -2.41. The number of fused-ring (bicyclic) bond motifs is 1. The first kappa shape index (κ1) is 22.1. The molecule has 176 valence electrons. The molecule has 0 amide bonds. The van der Waals surface area contributed by atoms with E-state index in [4.69, 9.17) is 14.5 Å². The summed E-state index contributed by atoms with van der Waals surface area (Å²) in [5, 5.41) is 11.9. The maximum Gasteiger partial charge on any atom is 0.153 e. The number of hydrogen-bond acceptors (Lipinski definition) is 6. The van der Waals surface area contributed by atoms with Crippen LogP contribution in [0.25, 0.3) is 22.2 Å². The number of anilines is 1. The number of hydrogen-bond donors (Lipinski definition) is 2. The summed E-state index contributed by atoms with van der Waals surface area (Å²) in [7, 11) is 1.54. The minimum Gasteiger partial charge on any atom is -0.497 e. The molecular weight excluding hydrogens is 421 g/mol. The second kappa shape index (κ2) is 8.91. The Bertz CT molecular complexity index is 1160. The van der Waals surface area contributed by atoms with Crippen LogP contribution in [0.3, 0.4) is 0 Å². The number of piperidine rings is 1. The van der Waals surface area contributed by atoms with Gasteiger partial charge >= 0.3 is 0 Å². The van der Waals surface area contributed by atoms with Crippen LogP contribution in [0, 0.1) is 19.7 Å². The van der Waals surface area contributed by atoms with Crippen LogP contribution in [0.2, 0.25) is 0 Å². The molecule has 0 bridgehead atoms. The van der Waals surface area contributed by atoms with Gasteiger partial charge in [0, 0.05) is 54.0 Å². The van der Waals surface area contributed by atoms with E-state index >= 15 is 0 Å². The number of aryl methyl sites for hydroxylation is 2. The fourth-order valence-corrected chi connectivity index (χ4v) is 5.38. The minimum atomic E-state index is -0.385. The Kier molecular flexibility index (Phi) is 5.97. The van der Waals surface area contributed by atoms with Gasteiger partial charge in [0.15, 0.2) is 5.82 Å². The highest BCUT2D eigenvalue weighted by Crippen LogP contribution is 2.37. The molecule has 2 fully saturated rings. The number of pyridine rings is 1. The zero-order valence-electron chi connectivity index (χ0n) is 19.7. The SMILES string of the molecule is COc1cc(F)c2nc(NC3CCN([C@H]4CCOC4)C(C)C3)c(-c3cc(C)[nH]n3)c(C)c2c1. The summed E-state index contributed by atoms with van der Waals surface area (Å²) < 4.78 is 25.9. The number of ether oxygens (including phenoxy) is 2. The van der Waals surface area contributed by atoms with Gasteiger partial charge in [0.25, 0.3) is 0 Å². The van der Waals surface area contributed by atoms with Gasteiger partial charge in [-0.25, -0.2) is 9.37 Å². The Morgan fingerprint density at radius 2 is 2.09 bits per heavy atom. The van der Waals surface area contributed by atoms with Crippen molar-refractivity contribution in [2.24, 2.45) is 0 Å². The third-order valence-corrected chi connectivity index (χ3v) is 7.12. The number of H-pyrrole nitrogens is 1. The molecule has 0 radical (unpaired) electrons. The molecule has 3 aromatic rings. The zero-order valence-corrected chi connectivity index (χ0v) is 19.7. The van der Waals surface area contributed by atoms with E-state index in [0.717, 1.165) is 66.9 Å². The molecule has 0 saturated carbocycles. The molecule has 2 saturated heterocycles. The van der Waals surface area contributed by atoms with Crippen LogP contribution in [0.5, 0.6) is 5.75 Å². The van der Waals surface area contributed by atoms with Gasteiger partial charge in [0.05, 0.1) is 19.4 Å². The molecule has 0 aliphatic carbocycles. The van der Waals surface area contributed by atoms with Gasteiger partial charge in [-0.1, -0.05) is 0 Å². The summed E-state index contributed by atoms with van der Waals surface area (Å²) in [6.07, 6.45) is 3.11. The van der Waals surface area contributed by atoms with Gasteiger partial charge in [-0.05, 0) is 57.7 Å². The lowest BCUT2D eigenvalue weighted by atomic mass is 9.95. The number of likely N-dealkylation sites (tertiary alicyclic amines) is 1. The molecule has 33 heavy (non-hydrogen) atoms. The second-order valence-electron chi connectivity index (χ2n) is 9.37. The van der Waals surface area contributed by atoms with Crippen LogP contribution in [0.15, 0.2) is 18.2 Å². The van der Waals surface area contributed by atoms with Gasteiger partial charge < -0.3 is 14.8 Å². The molecule has 2 aromatic heterocycles. The van der Waals surface area contributed by atoms with E-state index in [0.29, 0.717) is 29.2 Å². The standard InChI is InChI=1S/C25H32FN5O2/c1-14-9-22(30-29-14)23-16(3)20-11-19(32-4)12-21(26)24(20)28-25(23)27-17-5-7-31(15(2)10-17)18-6-8-33-13-18/h9,11-12,15,17-18H,5-8,10,13H2,1-4H3,(H,27,28)(H,29,30)/t15?,17?,18-/m0/s1. The fourth-order valence-electron chi connectivity index (χ4n) is 5.38. The highest BCUT2D eigenvalue weighted by molar-refractivity contribution is 5.94. The van der Waals surface area contributed by atoms with E-state index in [2.05, 4.69) is 27.3 Å². The number of aromatic nitrogens is 3. The smallest absolute Gasteiger partial charge is 0.153 e. The maximum atomic E-state index is 15.0. The van der Waals surface area contributed by atoms with Crippen molar-refractivity contribution in [3.05, 3.63) is 35.3 Å². The van der Waals surface area contributed by atoms with Crippen molar-refractivity contribution >= 4 is 16.7 Å². The first-order chi connectivity index (χ1) is 15.9. The zero-order chi connectivity index (χ0) is 23.1.